The Kier molecular flexibility index (Phi) is 2.58. The maximum Gasteiger partial charge on any atom is 0.143 e. The number of H-pyrrole nitrogens is 1. The first-order valence-electron chi connectivity index (χ1n) is 5.29. The molecule has 2 N–H and O–H groups in total. The minimum atomic E-state index is 0.393. The fraction of sp³-hybridized carbons (Fsp3) is 0.455. The number of nitrogens with zero attached hydrogens (tertiary/aromatic N) is 2. The minimum absolute atomic E-state index is 0.393. The summed E-state index contributed by atoms with van der Waals surface area (Å²) in [6, 6.07) is 1.99. The van der Waals surface area contributed by atoms with E-state index in [1.165, 1.54) is 0 Å². The van der Waals surface area contributed by atoms with Crippen molar-refractivity contribution in [1.82, 2.24) is 15.0 Å². The highest BCUT2D eigenvalue weighted by Crippen LogP contribution is 2.22. The highest BCUT2D eigenvalue weighted by atomic mass is 15.0. The Balaban J connectivity index is 2.58. The van der Waals surface area contributed by atoms with Crippen molar-refractivity contribution in [1.29, 1.82) is 0 Å². The van der Waals surface area contributed by atoms with Crippen LogP contribution in [0.3, 0.4) is 0 Å². The van der Waals surface area contributed by atoms with Crippen molar-refractivity contribution >= 4 is 16.9 Å². The maximum absolute atomic E-state index is 4.52. The van der Waals surface area contributed by atoms with E-state index in [0.717, 1.165) is 29.1 Å². The van der Waals surface area contributed by atoms with Gasteiger partial charge in [-0.1, -0.05) is 13.8 Å². The van der Waals surface area contributed by atoms with Crippen molar-refractivity contribution in [2.75, 3.05) is 12.4 Å². The number of nitrogens with one attached hydrogen (secondary N) is 2. The molecular formula is C11H16N4. The zero-order valence-electron chi connectivity index (χ0n) is 9.33. The second-order valence-electron chi connectivity index (χ2n) is 3.73. The molecule has 1 atom stereocenters. The van der Waals surface area contributed by atoms with Crippen LogP contribution in [0.1, 0.15) is 32.0 Å². The smallest absolute Gasteiger partial charge is 0.143 e. The number of aromatic amines is 1. The van der Waals surface area contributed by atoms with Gasteiger partial charge in [-0.05, 0) is 12.5 Å². The van der Waals surface area contributed by atoms with Crippen molar-refractivity contribution < 1.29 is 0 Å². The van der Waals surface area contributed by atoms with Gasteiger partial charge in [0.25, 0.3) is 0 Å². The Morgan fingerprint density at radius 1 is 1.47 bits per heavy atom. The van der Waals surface area contributed by atoms with E-state index in [1.807, 2.05) is 19.3 Å². The maximum atomic E-state index is 4.52. The molecule has 2 rings (SSSR count). The van der Waals surface area contributed by atoms with Crippen LogP contribution in [0.5, 0.6) is 0 Å². The Morgan fingerprint density at radius 2 is 2.27 bits per heavy atom. The zero-order valence-corrected chi connectivity index (χ0v) is 9.33. The number of aromatic nitrogens is 3. The van der Waals surface area contributed by atoms with Gasteiger partial charge in [-0.3, -0.25) is 0 Å². The molecule has 0 aliphatic heterocycles. The van der Waals surface area contributed by atoms with Gasteiger partial charge in [0.2, 0.25) is 0 Å². The molecule has 2 heterocycles. The average Bonchev–Trinajstić information content (AvgIpc) is 2.74. The SMILES string of the molecule is CCC(C)c1nc(NC)c2cc[nH]c2n1. The van der Waals surface area contributed by atoms with Gasteiger partial charge < -0.3 is 10.3 Å². The van der Waals surface area contributed by atoms with Crippen LogP contribution in [0.2, 0.25) is 0 Å². The molecule has 4 nitrogen and oxygen atoms in total. The van der Waals surface area contributed by atoms with E-state index in [-0.39, 0.29) is 0 Å². The molecule has 0 aromatic carbocycles. The van der Waals surface area contributed by atoms with E-state index in [2.05, 4.69) is 34.1 Å². The van der Waals surface area contributed by atoms with E-state index in [4.69, 9.17) is 0 Å². The molecule has 80 valence electrons. The Morgan fingerprint density at radius 3 is 2.93 bits per heavy atom. The van der Waals surface area contributed by atoms with Crippen LogP contribution in [0, 0.1) is 0 Å². The molecule has 0 saturated carbocycles. The number of anilines is 1. The predicted octanol–water partition coefficient (Wildman–Crippen LogP) is 2.51. The summed E-state index contributed by atoms with van der Waals surface area (Å²) >= 11 is 0. The van der Waals surface area contributed by atoms with Crippen LogP contribution in [0.4, 0.5) is 5.82 Å². The van der Waals surface area contributed by atoms with E-state index >= 15 is 0 Å². The molecule has 4 heteroatoms. The zero-order chi connectivity index (χ0) is 10.8. The molecule has 2 aromatic heterocycles. The van der Waals surface area contributed by atoms with Crippen molar-refractivity contribution in [2.24, 2.45) is 0 Å². The number of hydrogen-bond donors (Lipinski definition) is 2. The molecule has 0 saturated heterocycles. The number of fused-ring (bicyclic) bond motifs is 1. The van der Waals surface area contributed by atoms with Crippen LogP contribution >= 0.6 is 0 Å². The minimum Gasteiger partial charge on any atom is -0.372 e. The van der Waals surface area contributed by atoms with Gasteiger partial charge in [0.05, 0.1) is 5.39 Å². The molecular weight excluding hydrogens is 188 g/mol. The third kappa shape index (κ3) is 1.67. The Labute approximate surface area is 89.1 Å². The summed E-state index contributed by atoms with van der Waals surface area (Å²) in [6.45, 7) is 4.29. The van der Waals surface area contributed by atoms with Crippen LogP contribution in [0.15, 0.2) is 12.3 Å². The lowest BCUT2D eigenvalue weighted by Crippen LogP contribution is -2.03. The van der Waals surface area contributed by atoms with Crippen molar-refractivity contribution in [3.63, 3.8) is 0 Å². The molecule has 0 bridgehead atoms. The summed E-state index contributed by atoms with van der Waals surface area (Å²) in [5, 5.41) is 4.15. The lowest BCUT2D eigenvalue weighted by atomic mass is 10.1. The summed E-state index contributed by atoms with van der Waals surface area (Å²) < 4.78 is 0. The predicted molar refractivity (Wildman–Crippen MR) is 62.1 cm³/mol. The van der Waals surface area contributed by atoms with E-state index in [9.17, 15) is 0 Å². The third-order valence-electron chi connectivity index (χ3n) is 2.72. The first-order chi connectivity index (χ1) is 7.26. The normalized spacial score (nSPS) is 13.0. The summed E-state index contributed by atoms with van der Waals surface area (Å²) in [5.41, 5.74) is 0.907. The Bertz CT molecular complexity index is 461. The topological polar surface area (TPSA) is 53.6 Å². The van der Waals surface area contributed by atoms with Gasteiger partial charge in [-0.15, -0.1) is 0 Å². The average molecular weight is 204 g/mol. The molecule has 0 aliphatic carbocycles. The monoisotopic (exact) mass is 204 g/mol. The molecule has 2 aromatic rings. The lowest BCUT2D eigenvalue weighted by Gasteiger charge is -2.09. The molecule has 0 radical (unpaired) electrons. The van der Waals surface area contributed by atoms with Crippen LogP contribution in [0.25, 0.3) is 11.0 Å². The van der Waals surface area contributed by atoms with Crippen LogP contribution in [-0.4, -0.2) is 22.0 Å². The summed E-state index contributed by atoms with van der Waals surface area (Å²) in [7, 11) is 1.88. The van der Waals surface area contributed by atoms with Gasteiger partial charge >= 0.3 is 0 Å². The summed E-state index contributed by atoms with van der Waals surface area (Å²) in [4.78, 5) is 12.2. The fourth-order valence-electron chi connectivity index (χ4n) is 1.55. The highest BCUT2D eigenvalue weighted by Gasteiger charge is 2.11. The standard InChI is InChI=1S/C11H16N4/c1-4-7(2)9-14-10(12-3)8-5-6-13-11(8)15-9/h5-7H,4H2,1-3H3,(H2,12,13,14,15). The number of hydrogen-bond acceptors (Lipinski definition) is 3. The van der Waals surface area contributed by atoms with Gasteiger partial charge in [-0.25, -0.2) is 9.97 Å². The largest absolute Gasteiger partial charge is 0.372 e. The van der Waals surface area contributed by atoms with Crippen LogP contribution < -0.4 is 5.32 Å². The van der Waals surface area contributed by atoms with Crippen molar-refractivity contribution in [2.45, 2.75) is 26.2 Å². The molecule has 0 amide bonds. The second-order valence-corrected chi connectivity index (χ2v) is 3.73. The Hall–Kier alpha value is -1.58. The molecule has 0 aliphatic rings. The molecule has 15 heavy (non-hydrogen) atoms. The van der Waals surface area contributed by atoms with Gasteiger partial charge in [-0.2, -0.15) is 0 Å². The fourth-order valence-corrected chi connectivity index (χ4v) is 1.55. The highest BCUT2D eigenvalue weighted by molar-refractivity contribution is 5.86. The van der Waals surface area contributed by atoms with Gasteiger partial charge in [0.15, 0.2) is 0 Å². The lowest BCUT2D eigenvalue weighted by molar-refractivity contribution is 0.683. The first-order valence-corrected chi connectivity index (χ1v) is 5.29. The molecule has 0 spiro atoms. The van der Waals surface area contributed by atoms with E-state index in [0.29, 0.717) is 5.92 Å². The van der Waals surface area contributed by atoms with E-state index < -0.39 is 0 Å². The van der Waals surface area contributed by atoms with Crippen molar-refractivity contribution in [3.05, 3.63) is 18.1 Å². The van der Waals surface area contributed by atoms with Gasteiger partial charge in [0.1, 0.15) is 17.3 Å². The van der Waals surface area contributed by atoms with E-state index in [1.54, 1.807) is 0 Å². The summed E-state index contributed by atoms with van der Waals surface area (Å²) in [6.07, 6.45) is 2.94. The van der Waals surface area contributed by atoms with Gasteiger partial charge in [0, 0.05) is 19.2 Å². The van der Waals surface area contributed by atoms with Crippen LogP contribution in [-0.2, 0) is 0 Å². The van der Waals surface area contributed by atoms with Crippen molar-refractivity contribution in [3.8, 4) is 0 Å². The number of rotatable bonds is 3. The first kappa shape index (κ1) is 9.96. The summed E-state index contributed by atoms with van der Waals surface area (Å²) in [5.74, 6) is 2.19. The quantitative estimate of drug-likeness (QED) is 0.807. The third-order valence-corrected chi connectivity index (χ3v) is 2.72. The second kappa shape index (κ2) is 3.88. The molecule has 0 fully saturated rings. The molecule has 1 unspecified atom stereocenters.